The molecule has 0 nitrogen and oxygen atoms in total. The molecule has 600 valence electrons. The SMILES string of the molecule is C.C.C.CC.CC.CC.CC.CC.CC(C)(C)c1ccc(-c2ccccc2)cc1.CC(C)(C)c1cccc2ccccc12.CC(C)(C)c1ccccc1.CC(C)(C)c1ccccc1.CC(C)(C)c1ccccc1.CC(C)(C)c1ccccc1.CC(C)(C)c1ccccc1.CC(C)(C)c1ccccc1-c1ccccc1. The quantitative estimate of drug-likeness (QED) is 0.162. The summed E-state index contributed by atoms with van der Waals surface area (Å²) in [5, 5.41) is 2.71. The van der Waals surface area contributed by atoms with Crippen molar-refractivity contribution in [2.75, 3.05) is 0 Å². The highest BCUT2D eigenvalue weighted by Crippen LogP contribution is 2.34. The summed E-state index contributed by atoms with van der Waals surface area (Å²) in [6.45, 7) is 73.6. The van der Waals surface area contributed by atoms with Gasteiger partial charge in [0.15, 0.2) is 0 Å². The van der Waals surface area contributed by atoms with Crippen LogP contribution in [0.25, 0.3) is 33.0 Å². The van der Waals surface area contributed by atoms with E-state index in [1.54, 1.807) is 0 Å². The summed E-state index contributed by atoms with van der Waals surface area (Å²) in [5.74, 6) is 0. The predicted octanol–water partition coefficient (Wildman–Crippen LogP) is 35.4. The molecule has 0 saturated carbocycles. The molecule has 0 aliphatic heterocycles. The average molecular weight is 1470 g/mol. The highest BCUT2D eigenvalue weighted by molar-refractivity contribution is 5.86. The first kappa shape index (κ1) is 109. The van der Waals surface area contributed by atoms with Crippen LogP contribution in [0.4, 0.5) is 0 Å². The van der Waals surface area contributed by atoms with Crippen molar-refractivity contribution in [2.24, 2.45) is 0 Å². The lowest BCUT2D eigenvalue weighted by Gasteiger charge is -2.23. The highest BCUT2D eigenvalue weighted by atomic mass is 14.2. The van der Waals surface area contributed by atoms with Crippen LogP contribution in [-0.2, 0) is 43.3 Å². The topological polar surface area (TPSA) is 0 Å². The average Bonchev–Trinajstić information content (AvgIpc) is 0.811. The Bertz CT molecular complexity index is 3550. The van der Waals surface area contributed by atoms with E-state index in [9.17, 15) is 0 Å². The van der Waals surface area contributed by atoms with Crippen molar-refractivity contribution in [3.63, 3.8) is 0 Å². The zero-order valence-corrected chi connectivity index (χ0v) is 73.9. The number of rotatable bonds is 2. The van der Waals surface area contributed by atoms with Crippen molar-refractivity contribution < 1.29 is 0 Å². The van der Waals surface area contributed by atoms with Gasteiger partial charge in [0, 0.05) is 0 Å². The molecule has 0 atom stereocenters. The molecule has 0 saturated heterocycles. The maximum absolute atomic E-state index is 2.26. The Morgan fingerprint density at radius 3 is 0.596 bits per heavy atom. The van der Waals surface area contributed by atoms with Crippen LogP contribution in [-0.4, -0.2) is 0 Å². The van der Waals surface area contributed by atoms with Crippen LogP contribution in [0.3, 0.4) is 0 Å². The molecule has 11 rings (SSSR count). The van der Waals surface area contributed by atoms with E-state index in [-0.39, 0.29) is 38.5 Å². The van der Waals surface area contributed by atoms with E-state index >= 15 is 0 Å². The third-order valence-electron chi connectivity index (χ3n) is 16.5. The number of fused-ring (bicyclic) bond motifs is 1. The van der Waals surface area contributed by atoms with Gasteiger partial charge in [-0.1, -0.05) is 561 Å². The monoisotopic (exact) mass is 1470 g/mol. The number of hydrogen-bond acceptors (Lipinski definition) is 0. The standard InChI is InChI=1S/2C16H18.C14H16.5C10H14.5C2H6.3CH4/c1-16(2,3)15-12-8-7-11-14(15)13-9-5-4-6-10-13;1-16(2,3)15-11-9-14(10-12-15)13-7-5-4-6-8-13;1-14(2,3)13-10-6-8-11-7-4-5-9-12(11)13;5*1-10(2,3)9-7-5-4-6-8-9;5*1-2;;;/h2*4-12H,1-3H3;4-10H,1-3H3;5*4-8H,1-3H3;5*1-2H3;3*1H4. The van der Waals surface area contributed by atoms with Crippen LogP contribution >= 0.6 is 0 Å². The van der Waals surface area contributed by atoms with E-state index in [0.29, 0.717) is 27.1 Å². The summed E-state index contributed by atoms with van der Waals surface area (Å²) in [4.78, 5) is 0. The van der Waals surface area contributed by atoms with Gasteiger partial charge in [0.25, 0.3) is 0 Å². The van der Waals surface area contributed by atoms with Crippen LogP contribution in [0.1, 0.15) is 302 Å². The molecule has 0 aliphatic carbocycles. The molecular formula is C109H164. The molecule has 0 bridgehead atoms. The van der Waals surface area contributed by atoms with E-state index in [2.05, 4.69) is 463 Å². The molecule has 109 heavy (non-hydrogen) atoms. The second kappa shape index (κ2) is 56.0. The minimum absolute atomic E-state index is 0. The Balaban J connectivity index is -0.000000373. The van der Waals surface area contributed by atoms with Gasteiger partial charge >= 0.3 is 0 Å². The van der Waals surface area contributed by atoms with E-state index in [1.165, 1.54) is 77.5 Å². The first-order chi connectivity index (χ1) is 49.8. The molecule has 0 N–H and O–H groups in total. The van der Waals surface area contributed by atoms with Crippen molar-refractivity contribution in [1.29, 1.82) is 0 Å². The molecule has 0 spiro atoms. The fraction of sp³-hybridized carbons (Fsp3) is 0.413. The summed E-state index contributed by atoms with van der Waals surface area (Å²) < 4.78 is 0. The van der Waals surface area contributed by atoms with Gasteiger partial charge < -0.3 is 0 Å². The third-order valence-corrected chi connectivity index (χ3v) is 16.5. The van der Waals surface area contributed by atoms with Gasteiger partial charge in [-0.3, -0.25) is 0 Å². The second-order valence-corrected chi connectivity index (χ2v) is 33.2. The maximum atomic E-state index is 2.26. The molecule has 0 amide bonds. The largest absolute Gasteiger partial charge is 0.0776 e. The Morgan fingerprint density at radius 1 is 0.147 bits per heavy atom. The van der Waals surface area contributed by atoms with E-state index in [4.69, 9.17) is 0 Å². The Labute approximate surface area is 677 Å². The normalized spacial score (nSPS) is 10.4. The lowest BCUT2D eigenvalue weighted by atomic mass is 9.82. The molecule has 0 radical (unpaired) electrons. The molecular weight excluding hydrogens is 1310 g/mol. The van der Waals surface area contributed by atoms with E-state index < -0.39 is 0 Å². The van der Waals surface area contributed by atoms with Crippen LogP contribution in [0.15, 0.2) is 303 Å². The summed E-state index contributed by atoms with van der Waals surface area (Å²) >= 11 is 0. The van der Waals surface area contributed by atoms with Crippen LogP contribution in [0, 0.1) is 0 Å². The maximum Gasteiger partial charge on any atom is -0.0126 e. The molecule has 0 aliphatic rings. The van der Waals surface area contributed by atoms with E-state index in [0.717, 1.165) is 0 Å². The molecule has 0 unspecified atom stereocenters. The first-order valence-corrected chi connectivity index (χ1v) is 39.8. The van der Waals surface area contributed by atoms with Crippen LogP contribution < -0.4 is 0 Å². The summed E-state index contributed by atoms with van der Waals surface area (Å²) in [6, 6.07) is 106. The second-order valence-electron chi connectivity index (χ2n) is 33.2. The Morgan fingerprint density at radius 2 is 0.339 bits per heavy atom. The minimum Gasteiger partial charge on any atom is -0.0776 e. The summed E-state index contributed by atoms with van der Waals surface area (Å²) in [7, 11) is 0. The minimum atomic E-state index is 0. The summed E-state index contributed by atoms with van der Waals surface area (Å²) in [6.07, 6.45) is 0. The van der Waals surface area contributed by atoms with Crippen molar-refractivity contribution in [1.82, 2.24) is 0 Å². The fourth-order valence-electron chi connectivity index (χ4n) is 10.4. The molecule has 0 fully saturated rings. The third kappa shape index (κ3) is 44.8. The van der Waals surface area contributed by atoms with Crippen LogP contribution in [0.2, 0.25) is 0 Å². The molecule has 0 heteroatoms. The molecule has 0 heterocycles. The van der Waals surface area contributed by atoms with Crippen molar-refractivity contribution in [3.05, 3.63) is 348 Å². The lowest BCUT2D eigenvalue weighted by Crippen LogP contribution is -2.12. The molecule has 11 aromatic rings. The Kier molecular flexibility index (Phi) is 56.1. The van der Waals surface area contributed by atoms with E-state index in [1.807, 2.05) is 75.3 Å². The zero-order valence-electron chi connectivity index (χ0n) is 73.9. The zero-order chi connectivity index (χ0) is 81.4. The van der Waals surface area contributed by atoms with Gasteiger partial charge in [-0.15, -0.1) is 0 Å². The van der Waals surface area contributed by atoms with Gasteiger partial charge in [-0.25, -0.2) is 0 Å². The molecule has 11 aromatic carbocycles. The van der Waals surface area contributed by atoms with Gasteiger partial charge in [-0.2, -0.15) is 0 Å². The fourth-order valence-corrected chi connectivity index (χ4v) is 10.4. The first-order valence-electron chi connectivity index (χ1n) is 39.8. The van der Waals surface area contributed by atoms with Crippen molar-refractivity contribution in [2.45, 2.75) is 301 Å². The van der Waals surface area contributed by atoms with Gasteiger partial charge in [0.1, 0.15) is 0 Å². The van der Waals surface area contributed by atoms with Crippen molar-refractivity contribution in [3.8, 4) is 22.3 Å². The van der Waals surface area contributed by atoms with Gasteiger partial charge in [-0.05, 0) is 121 Å². The molecule has 0 aromatic heterocycles. The smallest absolute Gasteiger partial charge is 0.0126 e. The predicted molar refractivity (Wildman–Crippen MR) is 506 cm³/mol. The number of hydrogen-bond donors (Lipinski definition) is 0. The van der Waals surface area contributed by atoms with Crippen molar-refractivity contribution >= 4 is 10.8 Å². The van der Waals surface area contributed by atoms with Crippen LogP contribution in [0.5, 0.6) is 0 Å². The number of benzene rings is 11. The lowest BCUT2D eigenvalue weighted by molar-refractivity contribution is 0.590. The summed E-state index contributed by atoms with van der Waals surface area (Å²) in [5.41, 5.74) is 18.5. The Hall–Kier alpha value is -8.32. The van der Waals surface area contributed by atoms with Gasteiger partial charge in [0.05, 0.1) is 0 Å². The highest BCUT2D eigenvalue weighted by Gasteiger charge is 2.20. The van der Waals surface area contributed by atoms with Gasteiger partial charge in [0.2, 0.25) is 0 Å².